The fourth-order valence-electron chi connectivity index (χ4n) is 2.36. The minimum Gasteiger partial charge on any atom is -0.492 e. The molecule has 2 rings (SSSR count). The second kappa shape index (κ2) is 7.48. The number of carbonyl (C=O) groups is 1. The molecule has 1 aliphatic heterocycles. The highest BCUT2D eigenvalue weighted by Crippen LogP contribution is 2.38. The number of hydrogen-bond acceptors (Lipinski definition) is 3. The summed E-state index contributed by atoms with van der Waals surface area (Å²) in [7, 11) is 0. The molecule has 0 spiro atoms. The number of hydrogen-bond donors (Lipinski definition) is 2. The van der Waals surface area contributed by atoms with E-state index in [-0.39, 0.29) is 26.2 Å². The second-order valence-electron chi connectivity index (χ2n) is 5.55. The molecular formula is C15H18ClF3N2O3. The van der Waals surface area contributed by atoms with E-state index < -0.39 is 30.7 Å². The molecule has 1 heterocycles. The summed E-state index contributed by atoms with van der Waals surface area (Å²) in [6, 6.07) is 6.30. The van der Waals surface area contributed by atoms with Gasteiger partial charge in [0, 0.05) is 31.0 Å². The van der Waals surface area contributed by atoms with E-state index in [1.165, 1.54) is 4.90 Å². The quantitative estimate of drug-likeness (QED) is 0.805. The van der Waals surface area contributed by atoms with Crippen LogP contribution in [0.1, 0.15) is 12.8 Å². The van der Waals surface area contributed by atoms with Crippen molar-refractivity contribution in [3.8, 4) is 5.75 Å². The van der Waals surface area contributed by atoms with Crippen molar-refractivity contribution >= 4 is 17.6 Å². The van der Waals surface area contributed by atoms with E-state index in [0.717, 1.165) is 0 Å². The summed E-state index contributed by atoms with van der Waals surface area (Å²) in [5.41, 5.74) is -2.71. The van der Waals surface area contributed by atoms with E-state index in [2.05, 4.69) is 5.32 Å². The van der Waals surface area contributed by atoms with Crippen molar-refractivity contribution < 1.29 is 27.8 Å². The zero-order valence-corrected chi connectivity index (χ0v) is 13.5. The van der Waals surface area contributed by atoms with Crippen LogP contribution in [-0.4, -0.2) is 54.1 Å². The highest BCUT2D eigenvalue weighted by atomic mass is 35.5. The average Bonchev–Trinajstić information content (AvgIpc) is 2.51. The first-order valence-electron chi connectivity index (χ1n) is 7.41. The smallest absolute Gasteiger partial charge is 0.417 e. The molecule has 9 heteroatoms. The number of carbonyl (C=O) groups excluding carboxylic acids is 1. The molecule has 1 aromatic rings. The van der Waals surface area contributed by atoms with Crippen LogP contribution in [0.15, 0.2) is 24.3 Å². The number of nitrogens with one attached hydrogen (secondary N) is 1. The van der Waals surface area contributed by atoms with Gasteiger partial charge < -0.3 is 20.1 Å². The average molecular weight is 367 g/mol. The maximum Gasteiger partial charge on any atom is 0.417 e. The first kappa shape index (κ1) is 18.7. The Morgan fingerprint density at radius 2 is 2.04 bits per heavy atom. The minimum atomic E-state index is -4.68. The monoisotopic (exact) mass is 366 g/mol. The molecule has 2 N–H and O–H groups in total. The Labute approximate surface area is 142 Å². The van der Waals surface area contributed by atoms with Crippen LogP contribution in [0.2, 0.25) is 5.02 Å². The van der Waals surface area contributed by atoms with Gasteiger partial charge >= 0.3 is 12.2 Å². The number of urea groups is 1. The Bertz CT molecular complexity index is 575. The number of likely N-dealkylation sites (tertiary alicyclic amines) is 1. The van der Waals surface area contributed by atoms with Gasteiger partial charge in [-0.05, 0) is 18.2 Å². The molecule has 0 unspecified atom stereocenters. The maximum absolute atomic E-state index is 12.7. The van der Waals surface area contributed by atoms with Gasteiger partial charge in [0.1, 0.15) is 12.4 Å². The molecule has 24 heavy (non-hydrogen) atoms. The van der Waals surface area contributed by atoms with E-state index in [1.807, 2.05) is 0 Å². The summed E-state index contributed by atoms with van der Waals surface area (Å²) < 4.78 is 43.5. The Balaban J connectivity index is 1.70. The maximum atomic E-state index is 12.7. The standard InChI is InChI=1S/C15H18ClF3N2O3/c16-11-2-1-3-12(10-11)24-9-6-20-13(22)21-7-4-14(23,5-8-21)15(17,18)19/h1-3,10,23H,4-9H2,(H,20,22). The van der Waals surface area contributed by atoms with E-state index in [1.54, 1.807) is 24.3 Å². The third-order valence-corrected chi connectivity index (χ3v) is 4.08. The predicted octanol–water partition coefficient (Wildman–Crippen LogP) is 2.82. The summed E-state index contributed by atoms with van der Waals surface area (Å²) in [4.78, 5) is 13.1. The topological polar surface area (TPSA) is 61.8 Å². The van der Waals surface area contributed by atoms with Crippen LogP contribution in [0.3, 0.4) is 0 Å². The van der Waals surface area contributed by atoms with Crippen LogP contribution in [0.4, 0.5) is 18.0 Å². The molecule has 134 valence electrons. The molecule has 0 saturated carbocycles. The summed E-state index contributed by atoms with van der Waals surface area (Å²) in [6.07, 6.45) is -5.73. The molecule has 1 fully saturated rings. The van der Waals surface area contributed by atoms with Gasteiger partial charge in [0.2, 0.25) is 0 Å². The predicted molar refractivity (Wildman–Crippen MR) is 82.2 cm³/mol. The Morgan fingerprint density at radius 3 is 2.62 bits per heavy atom. The zero-order chi connectivity index (χ0) is 17.8. The van der Waals surface area contributed by atoms with Crippen LogP contribution in [0, 0.1) is 0 Å². The number of benzene rings is 1. The van der Waals surface area contributed by atoms with Gasteiger partial charge in [-0.15, -0.1) is 0 Å². The van der Waals surface area contributed by atoms with E-state index in [9.17, 15) is 23.1 Å². The Hall–Kier alpha value is -1.67. The molecule has 0 radical (unpaired) electrons. The molecule has 1 aromatic carbocycles. The van der Waals surface area contributed by atoms with Crippen molar-refractivity contribution in [1.29, 1.82) is 0 Å². The van der Waals surface area contributed by atoms with Crippen molar-refractivity contribution in [1.82, 2.24) is 10.2 Å². The van der Waals surface area contributed by atoms with Gasteiger partial charge in [-0.2, -0.15) is 13.2 Å². The molecule has 1 saturated heterocycles. The molecule has 0 bridgehead atoms. The highest BCUT2D eigenvalue weighted by Gasteiger charge is 2.54. The number of piperidine rings is 1. The normalized spacial score (nSPS) is 17.5. The summed E-state index contributed by atoms with van der Waals surface area (Å²) in [5.74, 6) is 0.560. The summed E-state index contributed by atoms with van der Waals surface area (Å²) in [6.45, 7) is 0.0891. The van der Waals surface area contributed by atoms with Gasteiger partial charge in [0.15, 0.2) is 5.60 Å². The molecule has 5 nitrogen and oxygen atoms in total. The first-order valence-corrected chi connectivity index (χ1v) is 7.79. The fraction of sp³-hybridized carbons (Fsp3) is 0.533. The number of ether oxygens (including phenoxy) is 1. The largest absolute Gasteiger partial charge is 0.492 e. The lowest BCUT2D eigenvalue weighted by Crippen LogP contribution is -2.56. The molecule has 2 amide bonds. The van der Waals surface area contributed by atoms with Crippen LogP contribution < -0.4 is 10.1 Å². The number of aliphatic hydroxyl groups is 1. The van der Waals surface area contributed by atoms with E-state index in [0.29, 0.717) is 10.8 Å². The van der Waals surface area contributed by atoms with Crippen molar-refractivity contribution in [2.75, 3.05) is 26.2 Å². The SMILES string of the molecule is O=C(NCCOc1cccc(Cl)c1)N1CCC(O)(C(F)(F)F)CC1. The lowest BCUT2D eigenvalue weighted by Gasteiger charge is -2.38. The molecule has 0 aromatic heterocycles. The lowest BCUT2D eigenvalue weighted by molar-refractivity contribution is -0.271. The number of alkyl halides is 3. The fourth-order valence-corrected chi connectivity index (χ4v) is 2.54. The van der Waals surface area contributed by atoms with Crippen molar-refractivity contribution in [2.45, 2.75) is 24.6 Å². The van der Waals surface area contributed by atoms with Crippen molar-refractivity contribution in [3.63, 3.8) is 0 Å². The number of nitrogens with zero attached hydrogens (tertiary/aromatic N) is 1. The molecule has 0 atom stereocenters. The first-order chi connectivity index (χ1) is 11.2. The van der Waals surface area contributed by atoms with Gasteiger partial charge in [0.05, 0.1) is 6.54 Å². The highest BCUT2D eigenvalue weighted by molar-refractivity contribution is 6.30. The van der Waals surface area contributed by atoms with Gasteiger partial charge in [0.25, 0.3) is 0 Å². The molecule has 0 aliphatic carbocycles. The van der Waals surface area contributed by atoms with Crippen LogP contribution in [-0.2, 0) is 0 Å². The molecular weight excluding hydrogens is 349 g/mol. The van der Waals surface area contributed by atoms with Gasteiger partial charge in [-0.3, -0.25) is 0 Å². The number of amides is 2. The minimum absolute atomic E-state index is 0.156. The number of halogens is 4. The van der Waals surface area contributed by atoms with E-state index in [4.69, 9.17) is 16.3 Å². The lowest BCUT2D eigenvalue weighted by atomic mass is 9.91. The molecule has 1 aliphatic rings. The summed E-state index contributed by atoms with van der Waals surface area (Å²) >= 11 is 5.81. The van der Waals surface area contributed by atoms with Gasteiger partial charge in [-0.25, -0.2) is 4.79 Å². The van der Waals surface area contributed by atoms with E-state index >= 15 is 0 Å². The Morgan fingerprint density at radius 1 is 1.38 bits per heavy atom. The van der Waals surface area contributed by atoms with Gasteiger partial charge in [-0.1, -0.05) is 17.7 Å². The zero-order valence-electron chi connectivity index (χ0n) is 12.8. The summed E-state index contributed by atoms with van der Waals surface area (Å²) in [5, 5.41) is 12.7. The Kier molecular flexibility index (Phi) is 5.82. The number of rotatable bonds is 4. The third kappa shape index (κ3) is 4.67. The van der Waals surface area contributed by atoms with Crippen LogP contribution >= 0.6 is 11.6 Å². The van der Waals surface area contributed by atoms with Crippen molar-refractivity contribution in [3.05, 3.63) is 29.3 Å². The van der Waals surface area contributed by atoms with Crippen LogP contribution in [0.25, 0.3) is 0 Å². The van der Waals surface area contributed by atoms with Crippen LogP contribution in [0.5, 0.6) is 5.75 Å². The second-order valence-corrected chi connectivity index (χ2v) is 5.99. The third-order valence-electron chi connectivity index (χ3n) is 3.85. The van der Waals surface area contributed by atoms with Crippen molar-refractivity contribution in [2.24, 2.45) is 0 Å².